The summed E-state index contributed by atoms with van der Waals surface area (Å²) in [5.74, 6) is -0.0148. The van der Waals surface area contributed by atoms with Gasteiger partial charge in [0.2, 0.25) is 0 Å². The number of ether oxygens (including phenoxy) is 2. The molecule has 0 aliphatic carbocycles. The van der Waals surface area contributed by atoms with Crippen LogP contribution in [0.3, 0.4) is 0 Å². The summed E-state index contributed by atoms with van der Waals surface area (Å²) in [5, 5.41) is 15.6. The molecular weight excluding hydrogens is 503 g/mol. The Hall–Kier alpha value is -2.62. The van der Waals surface area contributed by atoms with E-state index in [0.29, 0.717) is 24.8 Å². The lowest BCUT2D eigenvalue weighted by Crippen LogP contribution is -2.39. The minimum Gasteiger partial charge on any atom is -0.392 e. The third-order valence-electron chi connectivity index (χ3n) is 6.28. The molecule has 1 saturated heterocycles. The number of aromatic nitrogens is 2. The van der Waals surface area contributed by atoms with E-state index in [1.165, 1.54) is 0 Å². The summed E-state index contributed by atoms with van der Waals surface area (Å²) in [4.78, 5) is 15.8. The Labute approximate surface area is 220 Å². The zero-order chi connectivity index (χ0) is 25.7. The number of hydrogen-bond donors (Lipinski definition) is 3. The van der Waals surface area contributed by atoms with Crippen molar-refractivity contribution in [2.45, 2.75) is 52.0 Å². The van der Waals surface area contributed by atoms with E-state index in [-0.39, 0.29) is 35.9 Å². The van der Waals surface area contributed by atoms with Gasteiger partial charge in [-0.1, -0.05) is 78.7 Å². The molecule has 8 nitrogen and oxygen atoms in total. The lowest BCUT2D eigenvalue weighted by Gasteiger charge is -2.41. The first-order chi connectivity index (χ1) is 17.4. The molecule has 0 bridgehead atoms. The summed E-state index contributed by atoms with van der Waals surface area (Å²) in [7, 11) is 0. The van der Waals surface area contributed by atoms with Gasteiger partial charge in [-0.15, -0.1) is 0 Å². The predicted octanol–water partition coefficient (Wildman–Crippen LogP) is 4.99. The summed E-state index contributed by atoms with van der Waals surface area (Å²) < 4.78 is 14.7. The monoisotopic (exact) mass is 532 g/mol. The Balaban J connectivity index is 1.55. The van der Waals surface area contributed by atoms with Gasteiger partial charge in [-0.25, -0.2) is 9.78 Å². The third-order valence-corrected chi connectivity index (χ3v) is 7.04. The number of urea groups is 1. The molecule has 0 spiro atoms. The van der Waals surface area contributed by atoms with Crippen LogP contribution in [0.25, 0.3) is 0 Å². The number of halogens is 2. The number of benzene rings is 2. The van der Waals surface area contributed by atoms with Crippen LogP contribution in [0.5, 0.6) is 0 Å². The van der Waals surface area contributed by atoms with Crippen molar-refractivity contribution in [2.75, 3.05) is 6.54 Å². The van der Waals surface area contributed by atoms with Gasteiger partial charge in [0.1, 0.15) is 5.15 Å². The molecule has 0 saturated carbocycles. The van der Waals surface area contributed by atoms with Gasteiger partial charge in [0.15, 0.2) is 11.4 Å². The molecule has 1 aliphatic rings. The fraction of sp³-hybridized carbons (Fsp3) is 0.385. The summed E-state index contributed by atoms with van der Waals surface area (Å²) in [6.07, 6.45) is 0.496. The maximum absolute atomic E-state index is 11.7. The fourth-order valence-corrected chi connectivity index (χ4v) is 4.50. The molecule has 1 unspecified atom stereocenters. The van der Waals surface area contributed by atoms with Gasteiger partial charge in [-0.05, 0) is 23.6 Å². The second kappa shape index (κ2) is 12.1. The number of carbonyl (C=O) groups is 1. The van der Waals surface area contributed by atoms with Gasteiger partial charge in [-0.2, -0.15) is 0 Å². The number of imidazole rings is 1. The molecule has 3 aromatic rings. The van der Waals surface area contributed by atoms with Gasteiger partial charge in [-0.3, -0.25) is 0 Å². The minimum atomic E-state index is -0.614. The smallest absolute Gasteiger partial charge is 0.315 e. The molecule has 3 N–H and O–H groups in total. The Morgan fingerprint density at radius 1 is 1.03 bits per heavy atom. The maximum atomic E-state index is 11.7. The highest BCUT2D eigenvalue weighted by molar-refractivity contribution is 6.40. The highest BCUT2D eigenvalue weighted by atomic mass is 35.5. The summed E-state index contributed by atoms with van der Waals surface area (Å²) >= 11 is 12.4. The van der Waals surface area contributed by atoms with E-state index in [4.69, 9.17) is 32.7 Å². The average Bonchev–Trinajstić information content (AvgIpc) is 3.21. The van der Waals surface area contributed by atoms with Crippen molar-refractivity contribution < 1.29 is 19.4 Å². The van der Waals surface area contributed by atoms with Gasteiger partial charge in [0.25, 0.3) is 0 Å². The van der Waals surface area contributed by atoms with Crippen molar-refractivity contribution in [1.82, 2.24) is 20.2 Å². The predicted molar refractivity (Wildman–Crippen MR) is 138 cm³/mol. The maximum Gasteiger partial charge on any atom is 0.315 e. The first-order valence-corrected chi connectivity index (χ1v) is 12.6. The van der Waals surface area contributed by atoms with Crippen LogP contribution in [0.4, 0.5) is 4.79 Å². The number of rotatable bonds is 8. The number of nitrogens with one attached hydrogen (secondary N) is 2. The van der Waals surface area contributed by atoms with Crippen molar-refractivity contribution in [3.63, 3.8) is 0 Å². The van der Waals surface area contributed by atoms with Crippen molar-refractivity contribution >= 4 is 29.2 Å². The van der Waals surface area contributed by atoms with Crippen LogP contribution < -0.4 is 10.6 Å². The zero-order valence-electron chi connectivity index (χ0n) is 20.2. The summed E-state index contributed by atoms with van der Waals surface area (Å²) in [5.41, 5.74) is 3.65. The molecule has 0 radical (unpaired) electrons. The molecular formula is C26H30Cl2N4O4. The molecule has 4 atom stereocenters. The Morgan fingerprint density at radius 2 is 1.69 bits per heavy atom. The van der Waals surface area contributed by atoms with E-state index in [0.717, 1.165) is 22.3 Å². The lowest BCUT2D eigenvalue weighted by atomic mass is 9.90. The molecule has 2 amide bonds. The molecule has 192 valence electrons. The normalized spacial score (nSPS) is 21.8. The van der Waals surface area contributed by atoms with Crippen molar-refractivity contribution in [3.05, 3.63) is 87.4 Å². The highest BCUT2D eigenvalue weighted by Gasteiger charge is 2.38. The van der Waals surface area contributed by atoms with Crippen molar-refractivity contribution in [1.29, 1.82) is 0 Å². The van der Waals surface area contributed by atoms with Gasteiger partial charge < -0.3 is 29.8 Å². The van der Waals surface area contributed by atoms with Gasteiger partial charge >= 0.3 is 6.03 Å². The molecule has 2 aromatic carbocycles. The Morgan fingerprint density at radius 3 is 2.31 bits per heavy atom. The number of aliphatic hydroxyl groups is 1. The van der Waals surface area contributed by atoms with E-state index in [1.54, 1.807) is 10.9 Å². The Kier molecular flexibility index (Phi) is 8.87. The van der Waals surface area contributed by atoms with E-state index in [2.05, 4.69) is 22.5 Å². The standard InChI is InChI=1S/C26H30Cl2N4O4/c1-3-29-26(34)30-12-17-4-10-20(11-5-17)25-35-21(13-32-15-31-23(27)24(32)28)16(2)22(36-25)19-8-6-18(14-33)7-9-19/h4-11,15-16,21-22,25,33H,3,12-14H2,1-2H3,(H2,29,30,34)/t16-,21+,22+,25?/m0/s1. The number of aliphatic hydroxyl groups excluding tert-OH is 1. The third kappa shape index (κ3) is 6.19. The number of carbonyl (C=O) groups excluding carboxylic acids is 1. The Bertz CT molecular complexity index is 1150. The molecule has 4 rings (SSSR count). The number of amides is 2. The van der Waals surface area contributed by atoms with Crippen LogP contribution in [0.2, 0.25) is 10.3 Å². The highest BCUT2D eigenvalue weighted by Crippen LogP contribution is 2.42. The first kappa shape index (κ1) is 26.4. The fourth-order valence-electron chi connectivity index (χ4n) is 4.19. The quantitative estimate of drug-likeness (QED) is 0.379. The molecule has 36 heavy (non-hydrogen) atoms. The minimum absolute atomic E-state index is 0.0148. The van der Waals surface area contributed by atoms with E-state index in [1.807, 2.05) is 55.5 Å². The van der Waals surface area contributed by atoms with Crippen LogP contribution in [0, 0.1) is 5.92 Å². The van der Waals surface area contributed by atoms with Crippen LogP contribution in [0.15, 0.2) is 54.9 Å². The van der Waals surface area contributed by atoms with Gasteiger partial charge in [0, 0.05) is 24.6 Å². The SMILES string of the molecule is CCNC(=O)NCc1ccc(C2O[C@H](Cn3cnc(Cl)c3Cl)[C@H](C)[C@H](c3ccc(CO)cc3)O2)cc1. The van der Waals surface area contributed by atoms with E-state index in [9.17, 15) is 9.90 Å². The van der Waals surface area contributed by atoms with Crippen LogP contribution in [0.1, 0.15) is 48.5 Å². The molecule has 2 heterocycles. The van der Waals surface area contributed by atoms with Gasteiger partial charge in [0.05, 0.1) is 31.7 Å². The zero-order valence-corrected chi connectivity index (χ0v) is 21.7. The first-order valence-electron chi connectivity index (χ1n) is 11.9. The second-order valence-corrected chi connectivity index (χ2v) is 9.47. The van der Waals surface area contributed by atoms with Crippen molar-refractivity contribution in [3.8, 4) is 0 Å². The van der Waals surface area contributed by atoms with E-state index < -0.39 is 6.29 Å². The largest absolute Gasteiger partial charge is 0.392 e. The van der Waals surface area contributed by atoms with Crippen LogP contribution in [-0.2, 0) is 29.2 Å². The average molecular weight is 533 g/mol. The van der Waals surface area contributed by atoms with Crippen LogP contribution >= 0.6 is 23.2 Å². The lowest BCUT2D eigenvalue weighted by molar-refractivity contribution is -0.276. The van der Waals surface area contributed by atoms with E-state index >= 15 is 0 Å². The topological polar surface area (TPSA) is 97.6 Å². The molecule has 1 aromatic heterocycles. The molecule has 1 aliphatic heterocycles. The molecule has 10 heteroatoms. The van der Waals surface area contributed by atoms with Crippen LogP contribution in [-0.4, -0.2) is 33.3 Å². The second-order valence-electron chi connectivity index (χ2n) is 8.76. The van der Waals surface area contributed by atoms with Crippen molar-refractivity contribution in [2.24, 2.45) is 5.92 Å². The number of hydrogen-bond acceptors (Lipinski definition) is 5. The number of nitrogens with zero attached hydrogens (tertiary/aromatic N) is 2. The summed E-state index contributed by atoms with van der Waals surface area (Å²) in [6, 6.07) is 15.3. The summed E-state index contributed by atoms with van der Waals surface area (Å²) in [6.45, 7) is 5.37. The molecule has 1 fully saturated rings.